The highest BCUT2D eigenvalue weighted by Crippen LogP contribution is 2.35. The van der Waals surface area contributed by atoms with Gasteiger partial charge in [0.1, 0.15) is 5.82 Å². The van der Waals surface area contributed by atoms with Gasteiger partial charge in [-0.15, -0.1) is 0 Å². The van der Waals surface area contributed by atoms with Crippen LogP contribution in [-0.4, -0.2) is 28.7 Å². The van der Waals surface area contributed by atoms with E-state index in [1.165, 1.54) is 12.1 Å². The first-order valence-corrected chi connectivity index (χ1v) is 9.13. The Labute approximate surface area is 157 Å². The van der Waals surface area contributed by atoms with E-state index in [2.05, 4.69) is 43.1 Å². The van der Waals surface area contributed by atoms with E-state index in [4.69, 9.17) is 10.5 Å². The van der Waals surface area contributed by atoms with Gasteiger partial charge in [-0.2, -0.15) is 5.10 Å². The van der Waals surface area contributed by atoms with E-state index in [1.807, 2.05) is 0 Å². The number of aliphatic imine (C=N–C) groups is 1. The number of carbonyl (C=O) groups is 1. The van der Waals surface area contributed by atoms with E-state index < -0.39 is 11.4 Å². The minimum Gasteiger partial charge on any atom is -0.465 e. The van der Waals surface area contributed by atoms with Crippen LogP contribution < -0.4 is 11.1 Å². The second-order valence-electron chi connectivity index (χ2n) is 5.86. The molecule has 0 fully saturated rings. The lowest BCUT2D eigenvalue weighted by atomic mass is 9.88. The average molecular weight is 457 g/mol. The summed E-state index contributed by atoms with van der Waals surface area (Å²) >= 11 is 2.15. The van der Waals surface area contributed by atoms with E-state index in [0.717, 1.165) is 5.56 Å². The molecule has 1 aliphatic rings. The summed E-state index contributed by atoms with van der Waals surface area (Å²) in [6.45, 7) is 2.14. The Morgan fingerprint density at radius 1 is 1.56 bits per heavy atom. The van der Waals surface area contributed by atoms with Crippen LogP contribution in [0, 0.1) is 5.82 Å². The van der Waals surface area contributed by atoms with Crippen molar-refractivity contribution in [3.05, 3.63) is 47.0 Å². The van der Waals surface area contributed by atoms with Crippen LogP contribution in [0.15, 0.2) is 29.4 Å². The Morgan fingerprint density at radius 3 is 3.08 bits per heavy atom. The maximum absolute atomic E-state index is 14.4. The highest BCUT2D eigenvalue weighted by Gasteiger charge is 2.33. The number of anilines is 1. The molecule has 0 radical (unpaired) electrons. The molecular formula is C16H17FIN5O2. The zero-order valence-electron chi connectivity index (χ0n) is 13.5. The van der Waals surface area contributed by atoms with E-state index in [-0.39, 0.29) is 11.9 Å². The van der Waals surface area contributed by atoms with Crippen molar-refractivity contribution in [1.82, 2.24) is 10.2 Å². The fraction of sp³-hybridized carbons (Fsp3) is 0.312. The molecule has 1 atom stereocenters. The molecule has 25 heavy (non-hydrogen) atoms. The lowest BCUT2D eigenvalue weighted by Crippen LogP contribution is -2.34. The summed E-state index contributed by atoms with van der Waals surface area (Å²) in [4.78, 5) is 16.6. The van der Waals surface area contributed by atoms with E-state index >= 15 is 0 Å². The number of hydrogen-bond acceptors (Lipinski definition) is 5. The van der Waals surface area contributed by atoms with Gasteiger partial charge >= 0.3 is 0 Å². The van der Waals surface area contributed by atoms with E-state index in [1.54, 1.807) is 19.2 Å². The molecule has 4 N–H and O–H groups in total. The first kappa shape index (κ1) is 17.6. The zero-order valence-corrected chi connectivity index (χ0v) is 15.6. The molecule has 2 heterocycles. The van der Waals surface area contributed by atoms with Crippen molar-refractivity contribution < 1.29 is 13.9 Å². The number of halogens is 2. The Morgan fingerprint density at radius 2 is 2.36 bits per heavy atom. The number of ether oxygens (including phenoxy) is 1. The predicted molar refractivity (Wildman–Crippen MR) is 100 cm³/mol. The predicted octanol–water partition coefficient (Wildman–Crippen LogP) is 2.69. The summed E-state index contributed by atoms with van der Waals surface area (Å²) in [6.07, 6.45) is 2.17. The summed E-state index contributed by atoms with van der Waals surface area (Å²) in [7, 11) is 0. The van der Waals surface area contributed by atoms with Crippen LogP contribution in [0.4, 0.5) is 10.1 Å². The number of amides is 1. The minimum absolute atomic E-state index is 0.0331. The van der Waals surface area contributed by atoms with Crippen LogP contribution >= 0.6 is 22.6 Å². The van der Waals surface area contributed by atoms with Gasteiger partial charge in [-0.05, 0) is 25.1 Å². The smallest absolute Gasteiger partial charge is 0.282 e. The van der Waals surface area contributed by atoms with Gasteiger partial charge in [0.15, 0.2) is 5.69 Å². The fourth-order valence-corrected chi connectivity index (χ4v) is 3.28. The standard InChI is InChI=1S/C16H17FIN5O2/c1-16(4-5-25-15(19)22-16)11-6-10(2-3-12(11)17)21-14(24)13-9(7-18)8-20-23-13/h2-3,6,8H,4-5,7H2,1H3,(H2,19,22)(H,20,23)(H,21,24)/t16-/m0/s1. The van der Waals surface area contributed by atoms with Crippen molar-refractivity contribution >= 4 is 40.2 Å². The normalized spacial score (nSPS) is 19.9. The first-order chi connectivity index (χ1) is 11.9. The van der Waals surface area contributed by atoms with Crippen molar-refractivity contribution in [2.24, 2.45) is 10.7 Å². The molecule has 7 nitrogen and oxygen atoms in total. The van der Waals surface area contributed by atoms with Crippen molar-refractivity contribution in [2.45, 2.75) is 23.3 Å². The lowest BCUT2D eigenvalue weighted by Gasteiger charge is -2.30. The minimum atomic E-state index is -0.840. The second kappa shape index (κ2) is 6.98. The highest BCUT2D eigenvalue weighted by molar-refractivity contribution is 14.1. The summed E-state index contributed by atoms with van der Waals surface area (Å²) in [5.41, 5.74) is 6.73. The number of nitrogens with two attached hydrogens (primary N) is 1. The number of nitrogens with one attached hydrogen (secondary N) is 2. The Bertz CT molecular complexity index is 838. The van der Waals surface area contributed by atoms with Gasteiger partial charge < -0.3 is 15.8 Å². The number of rotatable bonds is 4. The largest absolute Gasteiger partial charge is 0.465 e. The lowest BCUT2D eigenvalue weighted by molar-refractivity contribution is 0.102. The van der Waals surface area contributed by atoms with Crippen molar-refractivity contribution in [2.75, 3.05) is 11.9 Å². The van der Waals surface area contributed by atoms with Gasteiger partial charge in [-0.25, -0.2) is 9.38 Å². The molecule has 1 aliphatic heterocycles. The molecular weight excluding hydrogens is 440 g/mol. The monoisotopic (exact) mass is 457 g/mol. The number of aromatic nitrogens is 2. The van der Waals surface area contributed by atoms with Crippen LogP contribution in [0.25, 0.3) is 0 Å². The fourth-order valence-electron chi connectivity index (χ4n) is 2.70. The zero-order chi connectivity index (χ0) is 18.0. The first-order valence-electron chi connectivity index (χ1n) is 7.61. The molecule has 0 unspecified atom stereocenters. The number of nitrogens with zero attached hydrogens (tertiary/aromatic N) is 2. The van der Waals surface area contributed by atoms with Gasteiger partial charge in [0.25, 0.3) is 11.9 Å². The quantitative estimate of drug-likeness (QED) is 0.485. The third-order valence-corrected chi connectivity index (χ3v) is 4.90. The van der Waals surface area contributed by atoms with Crippen molar-refractivity contribution in [3.63, 3.8) is 0 Å². The number of alkyl halides is 1. The number of H-pyrrole nitrogens is 1. The number of amidine groups is 1. The molecule has 0 aliphatic carbocycles. The highest BCUT2D eigenvalue weighted by atomic mass is 127. The Balaban J connectivity index is 1.90. The van der Waals surface area contributed by atoms with Crippen LogP contribution in [0.3, 0.4) is 0 Å². The molecule has 1 amide bonds. The molecule has 1 aromatic carbocycles. The summed E-state index contributed by atoms with van der Waals surface area (Å²) < 4.78 is 20.2. The molecule has 132 valence electrons. The third-order valence-electron chi connectivity index (χ3n) is 4.08. The number of aromatic amines is 1. The van der Waals surface area contributed by atoms with Crippen LogP contribution in [0.1, 0.15) is 35.0 Å². The maximum atomic E-state index is 14.4. The van der Waals surface area contributed by atoms with Gasteiger partial charge in [0.2, 0.25) is 0 Å². The van der Waals surface area contributed by atoms with Crippen LogP contribution in [0.2, 0.25) is 0 Å². The SMILES string of the molecule is C[C@@]1(c2cc(NC(=O)c3n[nH]cc3CI)ccc2F)CCOC(N)=N1. The van der Waals surface area contributed by atoms with Crippen LogP contribution in [-0.2, 0) is 14.7 Å². The molecule has 2 aromatic rings. The second-order valence-corrected chi connectivity index (χ2v) is 6.63. The average Bonchev–Trinajstić information content (AvgIpc) is 3.05. The van der Waals surface area contributed by atoms with Gasteiger partial charge in [-0.1, -0.05) is 22.6 Å². The van der Waals surface area contributed by atoms with E-state index in [9.17, 15) is 9.18 Å². The molecule has 3 rings (SSSR count). The molecule has 9 heteroatoms. The molecule has 0 saturated carbocycles. The summed E-state index contributed by atoms with van der Waals surface area (Å²) in [5.74, 6) is -0.766. The van der Waals surface area contributed by atoms with Gasteiger partial charge in [0.05, 0.1) is 12.1 Å². The Kier molecular flexibility index (Phi) is 4.93. The van der Waals surface area contributed by atoms with Gasteiger partial charge in [0, 0.05) is 33.9 Å². The maximum Gasteiger partial charge on any atom is 0.282 e. The topological polar surface area (TPSA) is 105 Å². The summed E-state index contributed by atoms with van der Waals surface area (Å²) in [6, 6.07) is 4.42. The molecule has 0 spiro atoms. The third kappa shape index (κ3) is 3.60. The van der Waals surface area contributed by atoms with Crippen molar-refractivity contribution in [1.29, 1.82) is 0 Å². The van der Waals surface area contributed by atoms with Gasteiger partial charge in [-0.3, -0.25) is 9.89 Å². The Hall–Kier alpha value is -2.17. The number of carbonyl (C=O) groups excluding carboxylic acids is 1. The summed E-state index contributed by atoms with van der Waals surface area (Å²) in [5, 5.41) is 9.40. The molecule has 1 aromatic heterocycles. The number of hydrogen-bond donors (Lipinski definition) is 3. The molecule has 0 saturated heterocycles. The van der Waals surface area contributed by atoms with E-state index in [0.29, 0.717) is 34.4 Å². The van der Waals surface area contributed by atoms with Crippen molar-refractivity contribution in [3.8, 4) is 0 Å². The number of benzene rings is 1. The van der Waals surface area contributed by atoms with Crippen LogP contribution in [0.5, 0.6) is 0 Å². The molecule has 0 bridgehead atoms.